The van der Waals surface area contributed by atoms with E-state index in [0.29, 0.717) is 22.1 Å². The van der Waals surface area contributed by atoms with Crippen molar-refractivity contribution in [3.63, 3.8) is 0 Å². The number of halogens is 1. The molecule has 0 aliphatic rings. The van der Waals surface area contributed by atoms with Crippen LogP contribution in [0.5, 0.6) is 5.75 Å². The zero-order valence-corrected chi connectivity index (χ0v) is 16.4. The maximum atomic E-state index is 12.8. The first-order valence-corrected chi connectivity index (χ1v) is 9.45. The smallest absolute Gasteiger partial charge is 0.262 e. The number of benzene rings is 2. The average molecular weight is 398 g/mol. The number of ether oxygens (including phenoxy) is 1. The van der Waals surface area contributed by atoms with Gasteiger partial charge in [0.2, 0.25) is 5.91 Å². The molecule has 0 heterocycles. The van der Waals surface area contributed by atoms with E-state index in [-0.39, 0.29) is 16.6 Å². The van der Waals surface area contributed by atoms with Crippen LogP contribution in [0.15, 0.2) is 41.3 Å². The molecule has 7 nitrogen and oxygen atoms in total. The van der Waals surface area contributed by atoms with Crippen molar-refractivity contribution in [2.75, 3.05) is 36.1 Å². The maximum absolute atomic E-state index is 12.8. The molecule has 0 aliphatic carbocycles. The van der Waals surface area contributed by atoms with Crippen LogP contribution in [-0.2, 0) is 14.8 Å². The van der Waals surface area contributed by atoms with Crippen LogP contribution in [0.1, 0.15) is 6.92 Å². The van der Waals surface area contributed by atoms with Crippen LogP contribution < -0.4 is 19.7 Å². The van der Waals surface area contributed by atoms with Gasteiger partial charge in [0.05, 0.1) is 29.1 Å². The molecule has 0 unspecified atom stereocenters. The third-order valence-corrected chi connectivity index (χ3v) is 5.08. The van der Waals surface area contributed by atoms with Crippen LogP contribution in [0.4, 0.5) is 17.1 Å². The summed E-state index contributed by atoms with van der Waals surface area (Å²) in [5.41, 5.74) is 1.41. The fraction of sp³-hybridized carbons (Fsp3) is 0.235. The van der Waals surface area contributed by atoms with Gasteiger partial charge < -0.3 is 15.0 Å². The van der Waals surface area contributed by atoms with E-state index in [9.17, 15) is 13.2 Å². The summed E-state index contributed by atoms with van der Waals surface area (Å²) in [6.45, 7) is 1.35. The maximum Gasteiger partial charge on any atom is 0.262 e. The van der Waals surface area contributed by atoms with Crippen LogP contribution >= 0.6 is 11.6 Å². The Hall–Kier alpha value is -2.45. The van der Waals surface area contributed by atoms with Crippen molar-refractivity contribution in [1.29, 1.82) is 0 Å². The summed E-state index contributed by atoms with van der Waals surface area (Å²) in [6, 6.07) is 9.14. The van der Waals surface area contributed by atoms with E-state index in [1.54, 1.807) is 31.1 Å². The Morgan fingerprint density at radius 3 is 2.38 bits per heavy atom. The molecular formula is C17H20ClN3O4S. The second kappa shape index (κ2) is 7.84. The highest BCUT2D eigenvalue weighted by molar-refractivity contribution is 7.92. The summed E-state index contributed by atoms with van der Waals surface area (Å²) in [5.74, 6) is -0.0476. The van der Waals surface area contributed by atoms with Gasteiger partial charge in [-0.05, 0) is 30.3 Å². The molecule has 140 valence electrons. The molecule has 0 aliphatic heterocycles. The van der Waals surface area contributed by atoms with Crippen molar-refractivity contribution < 1.29 is 17.9 Å². The van der Waals surface area contributed by atoms with Gasteiger partial charge in [-0.15, -0.1) is 0 Å². The van der Waals surface area contributed by atoms with Gasteiger partial charge in [0.15, 0.2) is 0 Å². The molecule has 0 atom stereocenters. The lowest BCUT2D eigenvalue weighted by Gasteiger charge is -2.19. The Morgan fingerprint density at radius 2 is 1.81 bits per heavy atom. The zero-order chi connectivity index (χ0) is 19.5. The van der Waals surface area contributed by atoms with Crippen molar-refractivity contribution in [2.45, 2.75) is 11.8 Å². The number of nitrogens with zero attached hydrogens (tertiary/aromatic N) is 1. The summed E-state index contributed by atoms with van der Waals surface area (Å²) >= 11 is 6.00. The van der Waals surface area contributed by atoms with Crippen LogP contribution in [0, 0.1) is 0 Å². The van der Waals surface area contributed by atoms with Crippen molar-refractivity contribution >= 4 is 44.6 Å². The lowest BCUT2D eigenvalue weighted by atomic mass is 10.2. The van der Waals surface area contributed by atoms with E-state index in [0.717, 1.165) is 0 Å². The van der Waals surface area contributed by atoms with E-state index in [1.807, 2.05) is 0 Å². The second-order valence-electron chi connectivity index (χ2n) is 5.70. The third-order valence-electron chi connectivity index (χ3n) is 3.48. The number of hydrogen-bond acceptors (Lipinski definition) is 5. The predicted molar refractivity (Wildman–Crippen MR) is 104 cm³/mol. The zero-order valence-electron chi connectivity index (χ0n) is 14.8. The molecule has 0 saturated heterocycles. The van der Waals surface area contributed by atoms with Crippen molar-refractivity contribution in [1.82, 2.24) is 0 Å². The highest BCUT2D eigenvalue weighted by Crippen LogP contribution is 2.32. The van der Waals surface area contributed by atoms with Crippen LogP contribution in [0.25, 0.3) is 0 Å². The number of nitrogens with one attached hydrogen (secondary N) is 2. The first-order chi connectivity index (χ1) is 12.1. The molecule has 0 spiro atoms. The summed E-state index contributed by atoms with van der Waals surface area (Å²) in [7, 11) is 1.10. The predicted octanol–water partition coefficient (Wildman–Crippen LogP) is 3.17. The molecule has 26 heavy (non-hydrogen) atoms. The monoisotopic (exact) mass is 397 g/mol. The first kappa shape index (κ1) is 19.9. The van der Waals surface area contributed by atoms with E-state index in [1.165, 1.54) is 38.3 Å². The van der Waals surface area contributed by atoms with Crippen molar-refractivity contribution in [3.8, 4) is 5.75 Å². The molecule has 2 N–H and O–H groups in total. The minimum atomic E-state index is -3.89. The van der Waals surface area contributed by atoms with Gasteiger partial charge in [0.25, 0.3) is 10.0 Å². The fourth-order valence-electron chi connectivity index (χ4n) is 2.32. The number of amides is 1. The Kier molecular flexibility index (Phi) is 5.99. The summed E-state index contributed by atoms with van der Waals surface area (Å²) < 4.78 is 33.3. The largest absolute Gasteiger partial charge is 0.495 e. The second-order valence-corrected chi connectivity index (χ2v) is 7.82. The van der Waals surface area contributed by atoms with Crippen LogP contribution in [0.3, 0.4) is 0 Å². The molecule has 2 rings (SSSR count). The number of carbonyl (C=O) groups is 1. The van der Waals surface area contributed by atoms with Crippen molar-refractivity contribution in [3.05, 3.63) is 41.4 Å². The number of methoxy groups -OCH3 is 1. The molecule has 0 fully saturated rings. The Bertz CT molecular complexity index is 930. The van der Waals surface area contributed by atoms with Crippen LogP contribution in [0.2, 0.25) is 5.02 Å². The van der Waals surface area contributed by atoms with E-state index < -0.39 is 10.0 Å². The fourth-order valence-corrected chi connectivity index (χ4v) is 3.57. The van der Waals surface area contributed by atoms with Gasteiger partial charge in [-0.2, -0.15) is 0 Å². The van der Waals surface area contributed by atoms with Gasteiger partial charge in [-0.25, -0.2) is 8.42 Å². The standard InChI is InChI=1S/C17H20ClN3O4S/c1-11(22)19-14-7-6-13(10-17(14)25-4)26(23,24)20-15-9-12(18)5-8-16(15)21(2)3/h5-10,20H,1-4H3,(H,19,22). The van der Waals surface area contributed by atoms with Gasteiger partial charge in [0.1, 0.15) is 5.75 Å². The third kappa shape index (κ3) is 4.59. The van der Waals surface area contributed by atoms with Crippen molar-refractivity contribution in [2.24, 2.45) is 0 Å². The topological polar surface area (TPSA) is 87.7 Å². The molecule has 0 bridgehead atoms. The highest BCUT2D eigenvalue weighted by atomic mass is 35.5. The first-order valence-electron chi connectivity index (χ1n) is 7.59. The number of rotatable bonds is 6. The lowest BCUT2D eigenvalue weighted by molar-refractivity contribution is -0.114. The molecule has 9 heteroatoms. The number of hydrogen-bond donors (Lipinski definition) is 2. The molecule has 0 saturated carbocycles. The summed E-state index contributed by atoms with van der Waals surface area (Å²) in [4.78, 5) is 13.0. The molecule has 2 aromatic carbocycles. The molecule has 0 aromatic heterocycles. The normalized spacial score (nSPS) is 11.0. The number of carbonyl (C=O) groups excluding carboxylic acids is 1. The lowest BCUT2D eigenvalue weighted by Crippen LogP contribution is -2.17. The number of sulfonamides is 1. The molecule has 1 amide bonds. The Balaban J connectivity index is 2.42. The van der Waals surface area contributed by atoms with Gasteiger partial charge >= 0.3 is 0 Å². The van der Waals surface area contributed by atoms with E-state index in [2.05, 4.69) is 10.0 Å². The molecule has 0 radical (unpaired) electrons. The minimum absolute atomic E-state index is 0.00636. The van der Waals surface area contributed by atoms with Gasteiger partial charge in [-0.3, -0.25) is 9.52 Å². The highest BCUT2D eigenvalue weighted by Gasteiger charge is 2.19. The molecular weight excluding hydrogens is 378 g/mol. The van der Waals surface area contributed by atoms with Crippen LogP contribution in [-0.4, -0.2) is 35.5 Å². The quantitative estimate of drug-likeness (QED) is 0.781. The Labute approximate surface area is 158 Å². The molecule has 2 aromatic rings. The summed E-state index contributed by atoms with van der Waals surface area (Å²) in [6.07, 6.45) is 0. The van der Waals surface area contributed by atoms with Gasteiger partial charge in [0, 0.05) is 32.1 Å². The number of anilines is 3. The Morgan fingerprint density at radius 1 is 1.12 bits per heavy atom. The van der Waals surface area contributed by atoms with E-state index >= 15 is 0 Å². The summed E-state index contributed by atoms with van der Waals surface area (Å²) in [5, 5.41) is 2.99. The minimum Gasteiger partial charge on any atom is -0.495 e. The average Bonchev–Trinajstić information content (AvgIpc) is 2.53. The van der Waals surface area contributed by atoms with E-state index in [4.69, 9.17) is 16.3 Å². The van der Waals surface area contributed by atoms with Gasteiger partial charge in [-0.1, -0.05) is 11.6 Å². The SMILES string of the molecule is COc1cc(S(=O)(=O)Nc2cc(Cl)ccc2N(C)C)ccc1NC(C)=O.